The van der Waals surface area contributed by atoms with Crippen molar-refractivity contribution >= 4 is 34.7 Å². The Morgan fingerprint density at radius 2 is 1.81 bits per heavy atom. The van der Waals surface area contributed by atoms with Gasteiger partial charge in [0.15, 0.2) is 0 Å². The Kier molecular flexibility index (Phi) is 6.75. The van der Waals surface area contributed by atoms with Crippen molar-refractivity contribution in [1.29, 1.82) is 0 Å². The maximum absolute atomic E-state index is 12.9. The molecule has 1 amide bonds. The van der Waals surface area contributed by atoms with Crippen LogP contribution in [0.1, 0.15) is 11.3 Å². The van der Waals surface area contributed by atoms with Gasteiger partial charge in [0, 0.05) is 27.6 Å². The van der Waals surface area contributed by atoms with E-state index in [1.807, 2.05) is 58.8 Å². The molecule has 0 N–H and O–H groups in total. The summed E-state index contributed by atoms with van der Waals surface area (Å²) in [5.74, 6) is 1.68. The summed E-state index contributed by atoms with van der Waals surface area (Å²) in [5, 5.41) is 2.04. The van der Waals surface area contributed by atoms with Crippen LogP contribution in [0, 0.1) is 0 Å². The highest BCUT2D eigenvalue weighted by molar-refractivity contribution is 7.99. The standard InChI is InChI=1S/C21H21NO2S2/c1-24-18-11-9-17(10-12-18)22(16-20-8-5-14-25-20)21(23)13-15-26-19-6-3-2-4-7-19/h2-12,14H,13,15-16H2,1H3. The molecule has 0 aliphatic rings. The Hall–Kier alpha value is -2.24. The van der Waals surface area contributed by atoms with Gasteiger partial charge in [-0.15, -0.1) is 23.1 Å². The Morgan fingerprint density at radius 3 is 2.46 bits per heavy atom. The third-order valence-corrected chi connectivity index (χ3v) is 5.78. The number of thiophene rings is 1. The van der Waals surface area contributed by atoms with E-state index in [1.165, 1.54) is 9.77 Å². The lowest BCUT2D eigenvalue weighted by atomic mass is 10.2. The largest absolute Gasteiger partial charge is 0.497 e. The lowest BCUT2D eigenvalue weighted by molar-refractivity contribution is -0.118. The van der Waals surface area contributed by atoms with Crippen molar-refractivity contribution in [2.75, 3.05) is 17.8 Å². The molecule has 0 unspecified atom stereocenters. The molecule has 0 bridgehead atoms. The van der Waals surface area contributed by atoms with E-state index < -0.39 is 0 Å². The summed E-state index contributed by atoms with van der Waals surface area (Å²) in [6.07, 6.45) is 0.497. The van der Waals surface area contributed by atoms with Crippen LogP contribution < -0.4 is 9.64 Å². The van der Waals surface area contributed by atoms with E-state index in [2.05, 4.69) is 18.2 Å². The first-order chi connectivity index (χ1) is 12.8. The van der Waals surface area contributed by atoms with Crippen molar-refractivity contribution in [2.24, 2.45) is 0 Å². The quantitative estimate of drug-likeness (QED) is 0.483. The van der Waals surface area contributed by atoms with Gasteiger partial charge >= 0.3 is 0 Å². The smallest absolute Gasteiger partial charge is 0.228 e. The Balaban J connectivity index is 1.68. The Morgan fingerprint density at radius 1 is 1.04 bits per heavy atom. The fourth-order valence-electron chi connectivity index (χ4n) is 2.55. The number of rotatable bonds is 8. The van der Waals surface area contributed by atoms with Crippen LogP contribution in [0.5, 0.6) is 5.75 Å². The number of amides is 1. The minimum absolute atomic E-state index is 0.131. The molecule has 0 saturated heterocycles. The number of hydrogen-bond donors (Lipinski definition) is 0. The second kappa shape index (κ2) is 9.46. The lowest BCUT2D eigenvalue weighted by Gasteiger charge is -2.22. The molecule has 2 aromatic carbocycles. The van der Waals surface area contributed by atoms with Gasteiger partial charge in [-0.1, -0.05) is 24.3 Å². The van der Waals surface area contributed by atoms with Crippen LogP contribution in [0.15, 0.2) is 77.0 Å². The van der Waals surface area contributed by atoms with Crippen molar-refractivity contribution in [3.8, 4) is 5.75 Å². The van der Waals surface area contributed by atoms with Crippen LogP contribution in [-0.2, 0) is 11.3 Å². The van der Waals surface area contributed by atoms with Crippen LogP contribution in [0.4, 0.5) is 5.69 Å². The minimum atomic E-state index is 0.131. The summed E-state index contributed by atoms with van der Waals surface area (Å²) in [7, 11) is 1.64. The van der Waals surface area contributed by atoms with Crippen molar-refractivity contribution in [3.05, 3.63) is 77.0 Å². The van der Waals surface area contributed by atoms with Crippen LogP contribution in [-0.4, -0.2) is 18.8 Å². The summed E-state index contributed by atoms with van der Waals surface area (Å²) >= 11 is 3.38. The first kappa shape index (κ1) is 18.5. The van der Waals surface area contributed by atoms with Crippen molar-refractivity contribution < 1.29 is 9.53 Å². The summed E-state index contributed by atoms with van der Waals surface area (Å²) < 4.78 is 5.22. The zero-order valence-electron chi connectivity index (χ0n) is 14.6. The molecule has 1 heterocycles. The van der Waals surface area contributed by atoms with E-state index in [-0.39, 0.29) is 5.91 Å². The zero-order chi connectivity index (χ0) is 18.2. The highest BCUT2D eigenvalue weighted by Crippen LogP contribution is 2.25. The fraction of sp³-hybridized carbons (Fsp3) is 0.190. The average Bonchev–Trinajstić information content (AvgIpc) is 3.20. The average molecular weight is 384 g/mol. The molecule has 0 saturated carbocycles. The van der Waals surface area contributed by atoms with E-state index in [1.54, 1.807) is 30.2 Å². The zero-order valence-corrected chi connectivity index (χ0v) is 16.3. The number of ether oxygens (including phenoxy) is 1. The number of nitrogens with zero attached hydrogens (tertiary/aromatic N) is 1. The predicted molar refractivity (Wildman–Crippen MR) is 110 cm³/mol. The first-order valence-corrected chi connectivity index (χ1v) is 10.3. The molecule has 134 valence electrons. The molecule has 3 aromatic rings. The molecular weight excluding hydrogens is 362 g/mol. The summed E-state index contributed by atoms with van der Waals surface area (Å²) in [6, 6.07) is 21.9. The van der Waals surface area contributed by atoms with Gasteiger partial charge in [0.2, 0.25) is 5.91 Å². The third kappa shape index (κ3) is 5.13. The van der Waals surface area contributed by atoms with E-state index in [0.717, 1.165) is 17.2 Å². The monoisotopic (exact) mass is 383 g/mol. The molecule has 0 fully saturated rings. The molecule has 0 aliphatic carbocycles. The first-order valence-electron chi connectivity index (χ1n) is 8.41. The van der Waals surface area contributed by atoms with Gasteiger partial charge in [-0.25, -0.2) is 0 Å². The number of methoxy groups -OCH3 is 1. The Labute approximate surface area is 162 Å². The normalized spacial score (nSPS) is 10.5. The van der Waals surface area contributed by atoms with Gasteiger partial charge in [-0.05, 0) is 47.8 Å². The molecule has 0 spiro atoms. The SMILES string of the molecule is COc1ccc(N(Cc2cccs2)C(=O)CCSc2ccccc2)cc1. The molecule has 1 aromatic heterocycles. The number of carbonyl (C=O) groups excluding carboxylic acids is 1. The van der Waals surface area contributed by atoms with E-state index in [9.17, 15) is 4.79 Å². The van der Waals surface area contributed by atoms with Crippen LogP contribution in [0.25, 0.3) is 0 Å². The van der Waals surface area contributed by atoms with Crippen molar-refractivity contribution in [3.63, 3.8) is 0 Å². The van der Waals surface area contributed by atoms with E-state index in [4.69, 9.17) is 4.74 Å². The predicted octanol–water partition coefficient (Wildman–Crippen LogP) is 5.47. The number of hydrogen-bond acceptors (Lipinski definition) is 4. The van der Waals surface area contributed by atoms with Crippen molar-refractivity contribution in [2.45, 2.75) is 17.9 Å². The molecular formula is C21H21NO2S2. The molecule has 3 rings (SSSR count). The maximum Gasteiger partial charge on any atom is 0.228 e. The van der Waals surface area contributed by atoms with Crippen molar-refractivity contribution in [1.82, 2.24) is 0 Å². The highest BCUT2D eigenvalue weighted by atomic mass is 32.2. The van der Waals surface area contributed by atoms with Crippen LogP contribution in [0.2, 0.25) is 0 Å². The highest BCUT2D eigenvalue weighted by Gasteiger charge is 2.17. The summed E-state index contributed by atoms with van der Waals surface area (Å²) in [6.45, 7) is 0.596. The van der Waals surface area contributed by atoms with Crippen LogP contribution >= 0.6 is 23.1 Å². The van der Waals surface area contributed by atoms with E-state index >= 15 is 0 Å². The van der Waals surface area contributed by atoms with E-state index in [0.29, 0.717) is 13.0 Å². The summed E-state index contributed by atoms with van der Waals surface area (Å²) in [5.41, 5.74) is 0.897. The van der Waals surface area contributed by atoms with Crippen LogP contribution in [0.3, 0.4) is 0 Å². The maximum atomic E-state index is 12.9. The van der Waals surface area contributed by atoms with Gasteiger partial charge in [-0.3, -0.25) is 4.79 Å². The minimum Gasteiger partial charge on any atom is -0.497 e. The van der Waals surface area contributed by atoms with Gasteiger partial charge in [0.1, 0.15) is 5.75 Å². The summed E-state index contributed by atoms with van der Waals surface area (Å²) in [4.78, 5) is 17.1. The molecule has 0 atom stereocenters. The fourth-order valence-corrected chi connectivity index (χ4v) is 4.11. The second-order valence-corrected chi connectivity index (χ2v) is 7.87. The third-order valence-electron chi connectivity index (χ3n) is 3.91. The molecule has 0 radical (unpaired) electrons. The van der Waals surface area contributed by atoms with Gasteiger partial charge < -0.3 is 9.64 Å². The molecule has 0 aliphatic heterocycles. The molecule has 3 nitrogen and oxygen atoms in total. The van der Waals surface area contributed by atoms with Gasteiger partial charge in [-0.2, -0.15) is 0 Å². The van der Waals surface area contributed by atoms with Gasteiger partial charge in [0.25, 0.3) is 0 Å². The number of anilines is 1. The topological polar surface area (TPSA) is 29.5 Å². The second-order valence-electron chi connectivity index (χ2n) is 5.67. The van der Waals surface area contributed by atoms with Gasteiger partial charge in [0.05, 0.1) is 13.7 Å². The number of thioether (sulfide) groups is 1. The Bertz CT molecular complexity index is 802. The lowest BCUT2D eigenvalue weighted by Crippen LogP contribution is -2.30. The molecule has 26 heavy (non-hydrogen) atoms. The number of carbonyl (C=O) groups is 1. The molecule has 5 heteroatoms. The number of benzene rings is 2.